The van der Waals surface area contributed by atoms with Crippen molar-refractivity contribution in [3.05, 3.63) is 23.2 Å². The third-order valence-corrected chi connectivity index (χ3v) is 5.18. The van der Waals surface area contributed by atoms with Gasteiger partial charge in [-0.3, -0.25) is 4.79 Å². The van der Waals surface area contributed by atoms with Crippen molar-refractivity contribution >= 4 is 33.1 Å². The average molecular weight is 305 g/mol. The first kappa shape index (κ1) is 14.3. The van der Waals surface area contributed by atoms with Crippen LogP contribution < -0.4 is 5.73 Å². The van der Waals surface area contributed by atoms with E-state index >= 15 is 0 Å². The molecule has 0 saturated heterocycles. The summed E-state index contributed by atoms with van der Waals surface area (Å²) in [4.78, 5) is 20.2. The lowest BCUT2D eigenvalue weighted by atomic mass is 10.2. The summed E-state index contributed by atoms with van der Waals surface area (Å²) in [5.41, 5.74) is 6.64. The number of amides is 1. The van der Waals surface area contributed by atoms with Crippen molar-refractivity contribution in [1.82, 2.24) is 9.88 Å². The molecule has 0 aliphatic heterocycles. The number of nitrogens with two attached hydrogens (primary N) is 1. The Labute approximate surface area is 127 Å². The van der Waals surface area contributed by atoms with Gasteiger partial charge in [-0.2, -0.15) is 0 Å². The second-order valence-corrected chi connectivity index (χ2v) is 6.36. The van der Waals surface area contributed by atoms with E-state index in [9.17, 15) is 9.90 Å². The van der Waals surface area contributed by atoms with Crippen LogP contribution in [0.2, 0.25) is 0 Å². The number of fused-ring (bicyclic) bond motifs is 1. The topological polar surface area (TPSA) is 79.5 Å². The van der Waals surface area contributed by atoms with Gasteiger partial charge in [-0.15, -0.1) is 11.3 Å². The molecule has 6 heteroatoms. The van der Waals surface area contributed by atoms with E-state index in [1.807, 2.05) is 12.1 Å². The van der Waals surface area contributed by atoms with E-state index in [1.54, 1.807) is 11.1 Å². The summed E-state index contributed by atoms with van der Waals surface area (Å²) in [6, 6.07) is 3.93. The van der Waals surface area contributed by atoms with Crippen molar-refractivity contribution in [3.63, 3.8) is 0 Å². The van der Waals surface area contributed by atoms with Crippen LogP contribution in [0.15, 0.2) is 18.3 Å². The lowest BCUT2D eigenvalue weighted by Crippen LogP contribution is -2.40. The predicted molar refractivity (Wildman–Crippen MR) is 84.4 cm³/mol. The van der Waals surface area contributed by atoms with Crippen molar-refractivity contribution in [2.45, 2.75) is 31.7 Å². The van der Waals surface area contributed by atoms with E-state index in [4.69, 9.17) is 5.73 Å². The first-order valence-electron chi connectivity index (χ1n) is 7.27. The van der Waals surface area contributed by atoms with Gasteiger partial charge in [0, 0.05) is 24.2 Å². The fourth-order valence-corrected chi connectivity index (χ4v) is 4.03. The fourth-order valence-electron chi connectivity index (χ4n) is 3.01. The number of carbonyl (C=O) groups excluding carboxylic acids is 1. The lowest BCUT2D eigenvalue weighted by molar-refractivity contribution is 0.0644. The average Bonchev–Trinajstić information content (AvgIpc) is 3.13. The number of nitrogen functional groups attached to an aromatic ring is 1. The van der Waals surface area contributed by atoms with Crippen molar-refractivity contribution in [2.75, 3.05) is 18.9 Å². The molecule has 21 heavy (non-hydrogen) atoms. The van der Waals surface area contributed by atoms with Gasteiger partial charge < -0.3 is 15.7 Å². The number of carbonyl (C=O) groups is 1. The Morgan fingerprint density at radius 2 is 2.24 bits per heavy atom. The zero-order chi connectivity index (χ0) is 14.8. The van der Waals surface area contributed by atoms with Gasteiger partial charge in [0.25, 0.3) is 5.91 Å². The van der Waals surface area contributed by atoms with Crippen LogP contribution in [0.25, 0.3) is 10.2 Å². The first-order chi connectivity index (χ1) is 10.2. The Kier molecular flexibility index (Phi) is 4.07. The number of aliphatic hydroxyl groups is 1. The first-order valence-corrected chi connectivity index (χ1v) is 8.09. The van der Waals surface area contributed by atoms with Crippen molar-refractivity contribution in [2.24, 2.45) is 0 Å². The summed E-state index contributed by atoms with van der Waals surface area (Å²) in [5.74, 6) is -0.0727. The molecule has 2 aromatic heterocycles. The van der Waals surface area contributed by atoms with E-state index in [0.29, 0.717) is 17.1 Å². The molecule has 0 bridgehead atoms. The van der Waals surface area contributed by atoms with Crippen LogP contribution in [-0.4, -0.2) is 40.1 Å². The molecule has 1 aliphatic rings. The van der Waals surface area contributed by atoms with Crippen LogP contribution >= 0.6 is 11.3 Å². The minimum Gasteiger partial charge on any atom is -0.397 e. The highest BCUT2D eigenvalue weighted by Crippen LogP contribution is 2.34. The Morgan fingerprint density at radius 1 is 1.48 bits per heavy atom. The number of anilines is 1. The SMILES string of the molecule is Nc1c(C(=O)N(CCO)C2CCCC2)sc2ncccc12. The van der Waals surface area contributed by atoms with E-state index in [-0.39, 0.29) is 18.6 Å². The maximum atomic E-state index is 12.8. The molecule has 1 saturated carbocycles. The normalized spacial score (nSPS) is 15.7. The van der Waals surface area contributed by atoms with Crippen LogP contribution in [-0.2, 0) is 0 Å². The largest absolute Gasteiger partial charge is 0.397 e. The molecule has 0 spiro atoms. The zero-order valence-electron chi connectivity index (χ0n) is 11.8. The highest BCUT2D eigenvalue weighted by Gasteiger charge is 2.29. The van der Waals surface area contributed by atoms with Gasteiger partial charge in [-0.25, -0.2) is 4.98 Å². The van der Waals surface area contributed by atoms with Gasteiger partial charge in [0.15, 0.2) is 0 Å². The Bertz CT molecular complexity index is 649. The molecular formula is C15H19N3O2S. The van der Waals surface area contributed by atoms with Crippen molar-refractivity contribution in [3.8, 4) is 0 Å². The molecular weight excluding hydrogens is 286 g/mol. The monoisotopic (exact) mass is 305 g/mol. The molecule has 0 radical (unpaired) electrons. The molecule has 2 heterocycles. The van der Waals surface area contributed by atoms with Crippen LogP contribution in [0.1, 0.15) is 35.4 Å². The molecule has 0 atom stereocenters. The quantitative estimate of drug-likeness (QED) is 0.908. The predicted octanol–water partition coefficient (Wildman–Crippen LogP) is 2.26. The third-order valence-electron chi connectivity index (χ3n) is 4.07. The van der Waals surface area contributed by atoms with Crippen LogP contribution in [0.5, 0.6) is 0 Å². The number of aromatic nitrogens is 1. The minimum atomic E-state index is -0.0727. The molecule has 3 N–H and O–H groups in total. The maximum absolute atomic E-state index is 12.8. The Morgan fingerprint density at radius 3 is 2.90 bits per heavy atom. The highest BCUT2D eigenvalue weighted by molar-refractivity contribution is 7.21. The number of thiophene rings is 1. The molecule has 1 amide bonds. The van der Waals surface area contributed by atoms with Crippen molar-refractivity contribution < 1.29 is 9.90 Å². The number of hydrogen-bond acceptors (Lipinski definition) is 5. The number of nitrogens with zero attached hydrogens (tertiary/aromatic N) is 2. The van der Waals surface area contributed by atoms with Gasteiger partial charge in [0.05, 0.1) is 12.3 Å². The van der Waals surface area contributed by atoms with E-state index in [0.717, 1.165) is 35.9 Å². The van der Waals surface area contributed by atoms with Gasteiger partial charge >= 0.3 is 0 Å². The molecule has 3 rings (SSSR count). The molecule has 2 aromatic rings. The molecule has 5 nitrogen and oxygen atoms in total. The van der Waals surface area contributed by atoms with Gasteiger partial charge in [-0.05, 0) is 25.0 Å². The summed E-state index contributed by atoms with van der Waals surface area (Å²) in [7, 11) is 0. The highest BCUT2D eigenvalue weighted by atomic mass is 32.1. The van der Waals surface area contributed by atoms with Crippen LogP contribution in [0.3, 0.4) is 0 Å². The summed E-state index contributed by atoms with van der Waals surface area (Å²) in [6.07, 6.45) is 6.01. The van der Waals surface area contributed by atoms with Crippen molar-refractivity contribution in [1.29, 1.82) is 0 Å². The zero-order valence-corrected chi connectivity index (χ0v) is 12.6. The Balaban J connectivity index is 1.95. The number of hydrogen-bond donors (Lipinski definition) is 2. The standard InChI is InChI=1S/C15H19N3O2S/c16-12-11-6-3-7-17-14(11)21-13(12)15(20)18(8-9-19)10-4-1-2-5-10/h3,6-7,10,19H,1-2,4-5,8-9,16H2. The van der Waals surface area contributed by atoms with Gasteiger partial charge in [0.1, 0.15) is 9.71 Å². The molecule has 1 aliphatic carbocycles. The third kappa shape index (κ3) is 2.61. The van der Waals surface area contributed by atoms with Gasteiger partial charge in [-0.1, -0.05) is 12.8 Å². The van der Waals surface area contributed by atoms with E-state index < -0.39 is 0 Å². The fraction of sp³-hybridized carbons (Fsp3) is 0.467. The smallest absolute Gasteiger partial charge is 0.266 e. The molecule has 1 fully saturated rings. The number of aliphatic hydroxyl groups excluding tert-OH is 1. The van der Waals surface area contributed by atoms with E-state index in [2.05, 4.69) is 4.98 Å². The second kappa shape index (κ2) is 5.99. The second-order valence-electron chi connectivity index (χ2n) is 5.36. The Hall–Kier alpha value is -1.66. The number of rotatable bonds is 4. The molecule has 0 aromatic carbocycles. The molecule has 0 unspecified atom stereocenters. The number of pyridine rings is 1. The van der Waals surface area contributed by atoms with E-state index in [1.165, 1.54) is 11.3 Å². The lowest BCUT2D eigenvalue weighted by Gasteiger charge is -2.28. The van der Waals surface area contributed by atoms with Crippen LogP contribution in [0, 0.1) is 0 Å². The van der Waals surface area contributed by atoms with Gasteiger partial charge in [0.2, 0.25) is 0 Å². The summed E-state index contributed by atoms with van der Waals surface area (Å²) >= 11 is 1.34. The van der Waals surface area contributed by atoms with Crippen LogP contribution in [0.4, 0.5) is 5.69 Å². The minimum absolute atomic E-state index is 0.0225. The summed E-state index contributed by atoms with van der Waals surface area (Å²) < 4.78 is 0. The maximum Gasteiger partial charge on any atom is 0.266 e. The summed E-state index contributed by atoms with van der Waals surface area (Å²) in [6.45, 7) is 0.343. The molecule has 112 valence electrons. The summed E-state index contributed by atoms with van der Waals surface area (Å²) in [5, 5.41) is 10.1.